The maximum atomic E-state index is 9.82. The van der Waals surface area contributed by atoms with Crippen LogP contribution in [0.2, 0.25) is 0 Å². The first kappa shape index (κ1) is 8.52. The number of fused-ring (bicyclic) bond motifs is 1. The molecule has 2 saturated carbocycles. The van der Waals surface area contributed by atoms with Crippen molar-refractivity contribution in [3.63, 3.8) is 0 Å². The first-order valence-electron chi connectivity index (χ1n) is 4.86. The zero-order valence-electron chi connectivity index (χ0n) is 7.92. The Hall–Kier alpha value is -0.0800. The van der Waals surface area contributed by atoms with Gasteiger partial charge in [0, 0.05) is 7.11 Å². The van der Waals surface area contributed by atoms with E-state index in [1.54, 1.807) is 7.11 Å². The van der Waals surface area contributed by atoms with Crippen LogP contribution >= 0.6 is 0 Å². The van der Waals surface area contributed by atoms with Gasteiger partial charge >= 0.3 is 0 Å². The third-order valence-electron chi connectivity index (χ3n) is 3.54. The molecule has 0 spiro atoms. The van der Waals surface area contributed by atoms with E-state index in [4.69, 9.17) is 4.74 Å². The summed E-state index contributed by atoms with van der Waals surface area (Å²) in [4.78, 5) is 0. The Morgan fingerprint density at radius 1 is 1.25 bits per heavy atom. The van der Waals surface area contributed by atoms with Crippen molar-refractivity contribution in [1.29, 1.82) is 0 Å². The first-order chi connectivity index (χ1) is 5.61. The summed E-state index contributed by atoms with van der Waals surface area (Å²) >= 11 is 0. The first-order valence-corrected chi connectivity index (χ1v) is 4.86. The van der Waals surface area contributed by atoms with Crippen LogP contribution in [0.5, 0.6) is 0 Å². The van der Waals surface area contributed by atoms with Crippen molar-refractivity contribution in [3.05, 3.63) is 0 Å². The largest absolute Gasteiger partial charge is 0.390 e. The number of methoxy groups -OCH3 is 1. The van der Waals surface area contributed by atoms with Gasteiger partial charge < -0.3 is 9.84 Å². The lowest BCUT2D eigenvalue weighted by Crippen LogP contribution is -2.21. The third-order valence-corrected chi connectivity index (χ3v) is 3.54. The maximum Gasteiger partial charge on any atom is 0.0625 e. The molecule has 4 atom stereocenters. The Bertz CT molecular complexity index is 161. The van der Waals surface area contributed by atoms with E-state index in [9.17, 15) is 5.11 Å². The van der Waals surface area contributed by atoms with Gasteiger partial charge in [-0.3, -0.25) is 0 Å². The van der Waals surface area contributed by atoms with Gasteiger partial charge in [-0.2, -0.15) is 0 Å². The minimum atomic E-state index is -0.381. The highest BCUT2D eigenvalue weighted by atomic mass is 16.5. The molecule has 0 aliphatic heterocycles. The molecule has 0 aromatic heterocycles. The maximum absolute atomic E-state index is 9.82. The van der Waals surface area contributed by atoms with Crippen molar-refractivity contribution < 1.29 is 9.84 Å². The zero-order valence-corrected chi connectivity index (χ0v) is 7.92. The molecule has 2 aliphatic carbocycles. The summed E-state index contributed by atoms with van der Waals surface area (Å²) in [5.74, 6) is 1.45. The SMILES string of the molecule is CO[C@@H]1C[C@@H]2C[C@](C)(O)C[C@@H]2C1. The molecule has 2 heteroatoms. The lowest BCUT2D eigenvalue weighted by atomic mass is 10.0. The number of hydrogen-bond donors (Lipinski definition) is 1. The summed E-state index contributed by atoms with van der Waals surface area (Å²) < 4.78 is 5.33. The second-order valence-corrected chi connectivity index (χ2v) is 4.75. The highest BCUT2D eigenvalue weighted by molar-refractivity contribution is 4.97. The van der Waals surface area contributed by atoms with Crippen LogP contribution in [0.15, 0.2) is 0 Å². The van der Waals surface area contributed by atoms with E-state index in [0.29, 0.717) is 6.10 Å². The van der Waals surface area contributed by atoms with Crippen LogP contribution in [-0.4, -0.2) is 23.9 Å². The summed E-state index contributed by atoms with van der Waals surface area (Å²) in [6.45, 7) is 1.97. The van der Waals surface area contributed by atoms with Crippen molar-refractivity contribution in [1.82, 2.24) is 0 Å². The van der Waals surface area contributed by atoms with E-state index in [-0.39, 0.29) is 5.60 Å². The summed E-state index contributed by atoms with van der Waals surface area (Å²) in [7, 11) is 1.80. The van der Waals surface area contributed by atoms with Crippen LogP contribution in [0.3, 0.4) is 0 Å². The van der Waals surface area contributed by atoms with Gasteiger partial charge in [0.2, 0.25) is 0 Å². The molecular weight excluding hydrogens is 152 g/mol. The van der Waals surface area contributed by atoms with E-state index < -0.39 is 0 Å². The van der Waals surface area contributed by atoms with Crippen LogP contribution in [0, 0.1) is 11.8 Å². The lowest BCUT2D eigenvalue weighted by Gasteiger charge is -2.18. The molecule has 12 heavy (non-hydrogen) atoms. The van der Waals surface area contributed by atoms with Gasteiger partial charge in [0.25, 0.3) is 0 Å². The molecular formula is C10H18O2. The summed E-state index contributed by atoms with van der Waals surface area (Å²) in [6.07, 6.45) is 4.76. The minimum absolute atomic E-state index is 0.381. The summed E-state index contributed by atoms with van der Waals surface area (Å²) in [5, 5.41) is 9.82. The van der Waals surface area contributed by atoms with E-state index in [2.05, 4.69) is 0 Å². The molecule has 1 N–H and O–H groups in total. The third kappa shape index (κ3) is 1.38. The lowest BCUT2D eigenvalue weighted by molar-refractivity contribution is 0.0436. The summed E-state index contributed by atoms with van der Waals surface area (Å²) in [6, 6.07) is 0. The highest BCUT2D eigenvalue weighted by Crippen LogP contribution is 2.49. The van der Waals surface area contributed by atoms with Crippen molar-refractivity contribution in [2.45, 2.75) is 44.3 Å². The fourth-order valence-corrected chi connectivity index (χ4v) is 3.06. The van der Waals surface area contributed by atoms with Gasteiger partial charge in [0.1, 0.15) is 0 Å². The van der Waals surface area contributed by atoms with Crippen molar-refractivity contribution in [3.8, 4) is 0 Å². The molecule has 2 fully saturated rings. The normalized spacial score (nSPS) is 52.8. The molecule has 70 valence electrons. The zero-order chi connectivity index (χ0) is 8.77. The van der Waals surface area contributed by atoms with E-state index in [1.165, 1.54) is 0 Å². The highest BCUT2D eigenvalue weighted by Gasteiger charge is 2.46. The molecule has 0 unspecified atom stereocenters. The van der Waals surface area contributed by atoms with Crippen LogP contribution in [0.4, 0.5) is 0 Å². The van der Waals surface area contributed by atoms with Crippen LogP contribution < -0.4 is 0 Å². The number of aliphatic hydroxyl groups is 1. The quantitative estimate of drug-likeness (QED) is 0.647. The molecule has 2 aliphatic rings. The predicted molar refractivity (Wildman–Crippen MR) is 46.9 cm³/mol. The van der Waals surface area contributed by atoms with Crippen molar-refractivity contribution in [2.24, 2.45) is 11.8 Å². The van der Waals surface area contributed by atoms with Gasteiger partial charge in [-0.05, 0) is 44.4 Å². The molecule has 0 bridgehead atoms. The second-order valence-electron chi connectivity index (χ2n) is 4.75. The number of hydrogen-bond acceptors (Lipinski definition) is 2. The predicted octanol–water partition coefficient (Wildman–Crippen LogP) is 1.57. The molecule has 0 radical (unpaired) electrons. The average Bonchev–Trinajstić information content (AvgIpc) is 2.40. The Morgan fingerprint density at radius 2 is 1.75 bits per heavy atom. The van der Waals surface area contributed by atoms with Gasteiger partial charge in [0.05, 0.1) is 11.7 Å². The monoisotopic (exact) mass is 170 g/mol. The van der Waals surface area contributed by atoms with Crippen molar-refractivity contribution >= 4 is 0 Å². The standard InChI is InChI=1S/C10H18O2/c1-10(11)5-7-3-9(12-2)4-8(7)6-10/h7-9,11H,3-6H2,1-2H3/t7-,8+,9-,10+. The molecule has 0 heterocycles. The molecule has 2 rings (SSSR count). The van der Waals surface area contributed by atoms with Crippen LogP contribution in [-0.2, 0) is 4.74 Å². The smallest absolute Gasteiger partial charge is 0.0625 e. The van der Waals surface area contributed by atoms with Gasteiger partial charge in [0.15, 0.2) is 0 Å². The van der Waals surface area contributed by atoms with E-state index in [1.807, 2.05) is 6.92 Å². The molecule has 0 saturated heterocycles. The second kappa shape index (κ2) is 2.71. The Balaban J connectivity index is 1.97. The molecule has 2 nitrogen and oxygen atoms in total. The molecule has 0 aromatic rings. The van der Waals surface area contributed by atoms with Crippen LogP contribution in [0.1, 0.15) is 32.6 Å². The fraction of sp³-hybridized carbons (Fsp3) is 1.00. The number of rotatable bonds is 1. The Morgan fingerprint density at radius 3 is 2.17 bits per heavy atom. The summed E-state index contributed by atoms with van der Waals surface area (Å²) in [5.41, 5.74) is -0.381. The average molecular weight is 170 g/mol. The van der Waals surface area contributed by atoms with Gasteiger partial charge in [-0.15, -0.1) is 0 Å². The topological polar surface area (TPSA) is 29.5 Å². The Kier molecular flexibility index (Phi) is 1.92. The van der Waals surface area contributed by atoms with Gasteiger partial charge in [-0.1, -0.05) is 0 Å². The molecule has 0 amide bonds. The minimum Gasteiger partial charge on any atom is -0.390 e. The van der Waals surface area contributed by atoms with Crippen molar-refractivity contribution in [2.75, 3.05) is 7.11 Å². The molecule has 0 aromatic carbocycles. The van der Waals surface area contributed by atoms with E-state index in [0.717, 1.165) is 37.5 Å². The fourth-order valence-electron chi connectivity index (χ4n) is 3.06. The number of ether oxygens (including phenoxy) is 1. The van der Waals surface area contributed by atoms with E-state index >= 15 is 0 Å². The Labute approximate surface area is 73.9 Å². The van der Waals surface area contributed by atoms with Crippen LogP contribution in [0.25, 0.3) is 0 Å². The van der Waals surface area contributed by atoms with Gasteiger partial charge in [-0.25, -0.2) is 0 Å².